The molecule has 0 atom stereocenters. The highest BCUT2D eigenvalue weighted by atomic mass is 16.3. The molecule has 3 rings (SSSR count). The van der Waals surface area contributed by atoms with Crippen molar-refractivity contribution in [3.8, 4) is 0 Å². The molecule has 0 spiro atoms. The first kappa shape index (κ1) is 7.63. The molecule has 0 amide bonds. The largest absolute Gasteiger partial charge is 0.464 e. The van der Waals surface area contributed by atoms with E-state index in [4.69, 9.17) is 4.42 Å². The monoisotopic (exact) mass is 182 g/mol. The quantitative estimate of drug-likeness (QED) is 0.514. The minimum atomic E-state index is 0.973. The summed E-state index contributed by atoms with van der Waals surface area (Å²) in [6.45, 7) is 2.07. The predicted octanol–water partition coefficient (Wildman–Crippen LogP) is 3.89. The van der Waals surface area contributed by atoms with Crippen LogP contribution >= 0.6 is 0 Å². The average molecular weight is 182 g/mol. The molecule has 14 heavy (non-hydrogen) atoms. The summed E-state index contributed by atoms with van der Waals surface area (Å²) in [5.74, 6) is 0. The number of rotatable bonds is 0. The molecule has 2 aromatic carbocycles. The van der Waals surface area contributed by atoms with Gasteiger partial charge < -0.3 is 4.42 Å². The zero-order chi connectivity index (χ0) is 9.54. The summed E-state index contributed by atoms with van der Waals surface area (Å²) >= 11 is 0. The van der Waals surface area contributed by atoms with Crippen molar-refractivity contribution < 1.29 is 4.42 Å². The number of fused-ring (bicyclic) bond motifs is 2. The second-order valence-corrected chi connectivity index (χ2v) is 3.61. The van der Waals surface area contributed by atoms with Crippen molar-refractivity contribution in [3.05, 3.63) is 48.2 Å². The van der Waals surface area contributed by atoms with Gasteiger partial charge in [0, 0.05) is 5.39 Å². The number of furan rings is 1. The normalized spacial score (nSPS) is 11.2. The van der Waals surface area contributed by atoms with Crippen molar-refractivity contribution in [2.45, 2.75) is 6.92 Å². The van der Waals surface area contributed by atoms with Crippen molar-refractivity contribution in [1.82, 2.24) is 0 Å². The lowest BCUT2D eigenvalue weighted by molar-refractivity contribution is 0.613. The van der Waals surface area contributed by atoms with Gasteiger partial charge in [-0.15, -0.1) is 0 Å². The summed E-state index contributed by atoms with van der Waals surface area (Å²) in [6, 6.07) is 12.6. The van der Waals surface area contributed by atoms with E-state index < -0.39 is 0 Å². The second kappa shape index (κ2) is 2.61. The Morgan fingerprint density at radius 3 is 2.50 bits per heavy atom. The van der Waals surface area contributed by atoms with E-state index in [-0.39, 0.29) is 0 Å². The van der Waals surface area contributed by atoms with Crippen LogP contribution in [0.15, 0.2) is 47.1 Å². The van der Waals surface area contributed by atoms with Crippen molar-refractivity contribution in [2.75, 3.05) is 0 Å². The van der Waals surface area contributed by atoms with Crippen LogP contribution in [0.3, 0.4) is 0 Å². The predicted molar refractivity (Wildman–Crippen MR) is 58.5 cm³/mol. The van der Waals surface area contributed by atoms with E-state index in [2.05, 4.69) is 37.3 Å². The fourth-order valence-electron chi connectivity index (χ4n) is 1.84. The zero-order valence-corrected chi connectivity index (χ0v) is 7.95. The van der Waals surface area contributed by atoms with E-state index >= 15 is 0 Å². The Kier molecular flexibility index (Phi) is 1.42. The highest BCUT2D eigenvalue weighted by Gasteiger charge is 2.02. The maximum atomic E-state index is 5.46. The molecule has 1 heteroatoms. The molecule has 1 aromatic heterocycles. The molecule has 0 radical (unpaired) electrons. The molecule has 68 valence electrons. The number of benzene rings is 2. The van der Waals surface area contributed by atoms with Crippen LogP contribution in [-0.2, 0) is 0 Å². The van der Waals surface area contributed by atoms with Crippen LogP contribution in [-0.4, -0.2) is 0 Å². The second-order valence-electron chi connectivity index (χ2n) is 3.61. The van der Waals surface area contributed by atoms with E-state index in [1.54, 1.807) is 0 Å². The average Bonchev–Trinajstić information content (AvgIpc) is 2.57. The molecule has 0 bridgehead atoms. The van der Waals surface area contributed by atoms with Gasteiger partial charge in [0.15, 0.2) is 0 Å². The molecule has 1 heterocycles. The standard InChI is InChI=1S/C13H10O/c1-9-8-14-13-7-11-5-3-2-4-10(11)6-12(9)13/h2-8H,1H3. The van der Waals surface area contributed by atoms with E-state index in [1.807, 2.05) is 12.3 Å². The summed E-state index contributed by atoms with van der Waals surface area (Å²) < 4.78 is 5.46. The van der Waals surface area contributed by atoms with E-state index in [0.29, 0.717) is 0 Å². The van der Waals surface area contributed by atoms with Crippen LogP contribution in [0.25, 0.3) is 21.7 Å². The van der Waals surface area contributed by atoms with Gasteiger partial charge in [-0.1, -0.05) is 24.3 Å². The topological polar surface area (TPSA) is 13.1 Å². The van der Waals surface area contributed by atoms with Crippen molar-refractivity contribution in [1.29, 1.82) is 0 Å². The lowest BCUT2D eigenvalue weighted by Crippen LogP contribution is -1.72. The number of hydrogen-bond donors (Lipinski definition) is 0. The first-order chi connectivity index (χ1) is 6.84. The maximum absolute atomic E-state index is 5.46. The SMILES string of the molecule is Cc1coc2cc3ccccc3cc12. The van der Waals surface area contributed by atoms with Crippen molar-refractivity contribution in [3.63, 3.8) is 0 Å². The minimum absolute atomic E-state index is 0.973. The van der Waals surface area contributed by atoms with Crippen molar-refractivity contribution >= 4 is 21.7 Å². The molecule has 0 unspecified atom stereocenters. The molecule has 1 nitrogen and oxygen atoms in total. The van der Waals surface area contributed by atoms with Gasteiger partial charge in [-0.2, -0.15) is 0 Å². The van der Waals surface area contributed by atoms with Gasteiger partial charge in [0.25, 0.3) is 0 Å². The van der Waals surface area contributed by atoms with Crippen LogP contribution < -0.4 is 0 Å². The molecule has 0 aliphatic heterocycles. The molecular weight excluding hydrogens is 172 g/mol. The highest BCUT2D eigenvalue weighted by molar-refractivity contribution is 5.97. The van der Waals surface area contributed by atoms with Gasteiger partial charge in [-0.05, 0) is 35.4 Å². The van der Waals surface area contributed by atoms with Crippen LogP contribution in [0.4, 0.5) is 0 Å². The van der Waals surface area contributed by atoms with E-state index in [9.17, 15) is 0 Å². The maximum Gasteiger partial charge on any atom is 0.134 e. The third-order valence-corrected chi connectivity index (χ3v) is 2.64. The smallest absolute Gasteiger partial charge is 0.134 e. The van der Waals surface area contributed by atoms with Gasteiger partial charge >= 0.3 is 0 Å². The van der Waals surface area contributed by atoms with Gasteiger partial charge in [-0.3, -0.25) is 0 Å². The highest BCUT2D eigenvalue weighted by Crippen LogP contribution is 2.26. The minimum Gasteiger partial charge on any atom is -0.464 e. The van der Waals surface area contributed by atoms with Crippen LogP contribution in [0.1, 0.15) is 5.56 Å². The molecular formula is C13H10O. The Morgan fingerprint density at radius 1 is 1.00 bits per heavy atom. The fourth-order valence-corrected chi connectivity index (χ4v) is 1.84. The fraction of sp³-hybridized carbons (Fsp3) is 0.0769. The molecule has 0 aliphatic rings. The summed E-state index contributed by atoms with van der Waals surface area (Å²) in [6.07, 6.45) is 1.81. The molecule has 0 fully saturated rings. The Labute approximate surface area is 82.0 Å². The lowest BCUT2D eigenvalue weighted by Gasteiger charge is -1.96. The number of aryl methyl sites for hydroxylation is 1. The molecule has 0 saturated carbocycles. The molecule has 0 aliphatic carbocycles. The first-order valence-electron chi connectivity index (χ1n) is 4.71. The lowest BCUT2D eigenvalue weighted by atomic mass is 10.1. The van der Waals surface area contributed by atoms with E-state index in [1.165, 1.54) is 21.7 Å². The first-order valence-corrected chi connectivity index (χ1v) is 4.71. The summed E-state index contributed by atoms with van der Waals surface area (Å²) in [5, 5.41) is 3.71. The Morgan fingerprint density at radius 2 is 1.71 bits per heavy atom. The van der Waals surface area contributed by atoms with Gasteiger partial charge in [0.05, 0.1) is 6.26 Å². The Bertz CT molecular complexity index is 605. The molecule has 0 saturated heterocycles. The Hall–Kier alpha value is -1.76. The summed E-state index contributed by atoms with van der Waals surface area (Å²) in [4.78, 5) is 0. The van der Waals surface area contributed by atoms with Gasteiger partial charge in [0.1, 0.15) is 5.58 Å². The van der Waals surface area contributed by atoms with Crippen molar-refractivity contribution in [2.24, 2.45) is 0 Å². The van der Waals surface area contributed by atoms with Crippen LogP contribution in [0.2, 0.25) is 0 Å². The number of hydrogen-bond acceptors (Lipinski definition) is 1. The van der Waals surface area contributed by atoms with Crippen LogP contribution in [0, 0.1) is 6.92 Å². The zero-order valence-electron chi connectivity index (χ0n) is 7.95. The third kappa shape index (κ3) is 0.956. The van der Waals surface area contributed by atoms with E-state index in [0.717, 1.165) is 5.58 Å². The summed E-state index contributed by atoms with van der Waals surface area (Å²) in [5.41, 5.74) is 2.17. The summed E-state index contributed by atoms with van der Waals surface area (Å²) in [7, 11) is 0. The van der Waals surface area contributed by atoms with Crippen LogP contribution in [0.5, 0.6) is 0 Å². The molecule has 3 aromatic rings. The Balaban J connectivity index is 2.54. The third-order valence-electron chi connectivity index (χ3n) is 2.64. The molecule has 0 N–H and O–H groups in total. The van der Waals surface area contributed by atoms with Gasteiger partial charge in [-0.25, -0.2) is 0 Å². The van der Waals surface area contributed by atoms with Gasteiger partial charge in [0.2, 0.25) is 0 Å².